The first kappa shape index (κ1) is 16.6. The van der Waals surface area contributed by atoms with Gasteiger partial charge in [-0.25, -0.2) is 0 Å². The molecule has 118 valence electrons. The van der Waals surface area contributed by atoms with Crippen molar-refractivity contribution < 1.29 is 4.79 Å². The lowest BCUT2D eigenvalue weighted by atomic mass is 9.98. The smallest absolute Gasteiger partial charge is 0.271 e. The van der Waals surface area contributed by atoms with Crippen LogP contribution in [-0.4, -0.2) is 15.7 Å². The molecular formula is C17H22ClN3O. The van der Waals surface area contributed by atoms with Crippen LogP contribution in [0.2, 0.25) is 5.02 Å². The van der Waals surface area contributed by atoms with Gasteiger partial charge in [0.25, 0.3) is 5.91 Å². The van der Waals surface area contributed by atoms with E-state index in [1.54, 1.807) is 7.05 Å². The maximum atomic E-state index is 12.4. The molecule has 0 fully saturated rings. The lowest BCUT2D eigenvalue weighted by Gasteiger charge is -2.18. The van der Waals surface area contributed by atoms with Gasteiger partial charge < -0.3 is 5.32 Å². The molecule has 1 amide bonds. The molecule has 0 radical (unpaired) electrons. The number of aromatic nitrogens is 2. The Morgan fingerprint density at radius 1 is 1.27 bits per heavy atom. The van der Waals surface area contributed by atoms with Crippen LogP contribution in [0.5, 0.6) is 0 Å². The molecule has 0 aliphatic heterocycles. The molecule has 2 aromatic rings. The normalized spacial score (nSPS) is 12.5. The van der Waals surface area contributed by atoms with E-state index in [0.29, 0.717) is 16.6 Å². The third kappa shape index (κ3) is 3.50. The maximum Gasteiger partial charge on any atom is 0.271 e. The third-order valence-electron chi connectivity index (χ3n) is 3.83. The van der Waals surface area contributed by atoms with Gasteiger partial charge >= 0.3 is 0 Å². The lowest BCUT2D eigenvalue weighted by molar-refractivity contribution is 0.0926. The third-order valence-corrected chi connectivity index (χ3v) is 4.10. The Balaban J connectivity index is 2.17. The molecule has 0 aliphatic carbocycles. The van der Waals surface area contributed by atoms with Gasteiger partial charge in [-0.3, -0.25) is 9.48 Å². The van der Waals surface area contributed by atoms with Gasteiger partial charge in [-0.15, -0.1) is 0 Å². The zero-order chi connectivity index (χ0) is 16.3. The van der Waals surface area contributed by atoms with E-state index < -0.39 is 0 Å². The van der Waals surface area contributed by atoms with Gasteiger partial charge in [0, 0.05) is 7.05 Å². The van der Waals surface area contributed by atoms with Crippen molar-refractivity contribution in [2.24, 2.45) is 7.05 Å². The average molecular weight is 320 g/mol. The number of hydrogen-bond acceptors (Lipinski definition) is 2. The van der Waals surface area contributed by atoms with Gasteiger partial charge in [-0.2, -0.15) is 5.10 Å². The Bertz CT molecular complexity index is 627. The largest absolute Gasteiger partial charge is 0.344 e. The Labute approximate surface area is 136 Å². The van der Waals surface area contributed by atoms with Gasteiger partial charge in [-0.05, 0) is 23.5 Å². The summed E-state index contributed by atoms with van der Waals surface area (Å²) in [6.45, 7) is 6.38. The molecule has 4 nitrogen and oxygen atoms in total. The molecule has 0 saturated carbocycles. The fraction of sp³-hybridized carbons (Fsp3) is 0.412. The Hall–Kier alpha value is -1.81. The molecule has 1 heterocycles. The summed E-state index contributed by atoms with van der Waals surface area (Å²) in [5, 5.41) is 7.40. The van der Waals surface area contributed by atoms with Crippen LogP contribution in [0.1, 0.15) is 60.8 Å². The fourth-order valence-electron chi connectivity index (χ4n) is 2.43. The molecule has 0 saturated heterocycles. The van der Waals surface area contributed by atoms with Crippen molar-refractivity contribution in [3.63, 3.8) is 0 Å². The number of carbonyl (C=O) groups excluding carboxylic acids is 1. The highest BCUT2D eigenvalue weighted by molar-refractivity contribution is 6.33. The van der Waals surface area contributed by atoms with Crippen molar-refractivity contribution in [2.75, 3.05) is 0 Å². The van der Waals surface area contributed by atoms with Gasteiger partial charge in [-0.1, -0.05) is 56.6 Å². The average Bonchev–Trinajstić information content (AvgIpc) is 2.84. The number of amides is 1. The van der Waals surface area contributed by atoms with E-state index in [1.807, 2.05) is 6.92 Å². The summed E-state index contributed by atoms with van der Waals surface area (Å²) >= 11 is 6.02. The molecule has 0 bridgehead atoms. The maximum absolute atomic E-state index is 12.4. The van der Waals surface area contributed by atoms with Crippen molar-refractivity contribution in [1.82, 2.24) is 15.1 Å². The molecule has 0 aliphatic rings. The van der Waals surface area contributed by atoms with E-state index in [4.69, 9.17) is 11.6 Å². The van der Waals surface area contributed by atoms with E-state index >= 15 is 0 Å². The molecule has 1 N–H and O–H groups in total. The Morgan fingerprint density at radius 3 is 2.32 bits per heavy atom. The molecule has 1 atom stereocenters. The summed E-state index contributed by atoms with van der Waals surface area (Å²) < 4.78 is 1.49. The molecule has 22 heavy (non-hydrogen) atoms. The Morgan fingerprint density at radius 2 is 1.86 bits per heavy atom. The van der Waals surface area contributed by atoms with Gasteiger partial charge in [0.1, 0.15) is 5.69 Å². The number of halogens is 1. The summed E-state index contributed by atoms with van der Waals surface area (Å²) in [7, 11) is 1.71. The highest BCUT2D eigenvalue weighted by Crippen LogP contribution is 2.22. The first-order valence-electron chi connectivity index (χ1n) is 7.52. The number of aryl methyl sites for hydroxylation is 1. The van der Waals surface area contributed by atoms with E-state index in [-0.39, 0.29) is 11.9 Å². The summed E-state index contributed by atoms with van der Waals surface area (Å²) in [5.74, 6) is 0.293. The van der Waals surface area contributed by atoms with Crippen molar-refractivity contribution in [3.05, 3.63) is 52.3 Å². The fourth-order valence-corrected chi connectivity index (χ4v) is 2.68. The molecule has 0 spiro atoms. The standard InChI is InChI=1S/C17H22ClN3O/c1-5-15(13-8-6-12(7-9-13)11(2)3)20-17(22)16-14(18)10-19-21(16)4/h6-11,15H,5H2,1-4H3,(H,20,22)/t15-/m0/s1. The number of benzene rings is 1. The minimum absolute atomic E-state index is 0.0420. The second-order valence-corrected chi connectivity index (χ2v) is 6.13. The predicted molar refractivity (Wildman–Crippen MR) is 89.2 cm³/mol. The predicted octanol–water partition coefficient (Wildman–Crippen LogP) is 4.08. The van der Waals surface area contributed by atoms with Crippen LogP contribution in [-0.2, 0) is 7.05 Å². The van der Waals surface area contributed by atoms with Crippen molar-refractivity contribution in [2.45, 2.75) is 39.2 Å². The van der Waals surface area contributed by atoms with E-state index in [2.05, 4.69) is 48.5 Å². The van der Waals surface area contributed by atoms with Crippen LogP contribution in [0.4, 0.5) is 0 Å². The van der Waals surface area contributed by atoms with E-state index in [9.17, 15) is 4.79 Å². The minimum Gasteiger partial charge on any atom is -0.344 e. The number of carbonyl (C=O) groups is 1. The molecule has 0 unspecified atom stereocenters. The van der Waals surface area contributed by atoms with Crippen molar-refractivity contribution in [3.8, 4) is 0 Å². The monoisotopic (exact) mass is 319 g/mol. The van der Waals surface area contributed by atoms with Crippen molar-refractivity contribution in [1.29, 1.82) is 0 Å². The molecular weight excluding hydrogens is 298 g/mol. The van der Waals surface area contributed by atoms with Gasteiger partial charge in [0.2, 0.25) is 0 Å². The first-order valence-corrected chi connectivity index (χ1v) is 7.90. The summed E-state index contributed by atoms with van der Waals surface area (Å²) in [6.07, 6.45) is 2.29. The van der Waals surface area contributed by atoms with Crippen LogP contribution >= 0.6 is 11.6 Å². The van der Waals surface area contributed by atoms with Crippen LogP contribution in [0.15, 0.2) is 30.5 Å². The van der Waals surface area contributed by atoms with Crippen LogP contribution in [0, 0.1) is 0 Å². The van der Waals surface area contributed by atoms with Gasteiger partial charge in [0.05, 0.1) is 17.3 Å². The molecule has 1 aromatic heterocycles. The molecule has 2 rings (SSSR count). The topological polar surface area (TPSA) is 46.9 Å². The zero-order valence-electron chi connectivity index (χ0n) is 13.4. The van der Waals surface area contributed by atoms with E-state index in [1.165, 1.54) is 16.4 Å². The minimum atomic E-state index is -0.204. The SMILES string of the molecule is CC[C@H](NC(=O)c1c(Cl)cnn1C)c1ccc(C(C)C)cc1. The first-order chi connectivity index (χ1) is 10.4. The quantitative estimate of drug-likeness (QED) is 0.902. The zero-order valence-corrected chi connectivity index (χ0v) is 14.2. The second kappa shape index (κ2) is 6.97. The van der Waals surface area contributed by atoms with Crippen LogP contribution < -0.4 is 5.32 Å². The summed E-state index contributed by atoms with van der Waals surface area (Å²) in [5.41, 5.74) is 2.78. The summed E-state index contributed by atoms with van der Waals surface area (Å²) in [6, 6.07) is 8.35. The van der Waals surface area contributed by atoms with Crippen LogP contribution in [0.3, 0.4) is 0 Å². The highest BCUT2D eigenvalue weighted by atomic mass is 35.5. The summed E-state index contributed by atoms with van der Waals surface area (Å²) in [4.78, 5) is 12.4. The molecule has 1 aromatic carbocycles. The second-order valence-electron chi connectivity index (χ2n) is 5.72. The van der Waals surface area contributed by atoms with Crippen molar-refractivity contribution >= 4 is 17.5 Å². The molecule has 5 heteroatoms. The number of rotatable bonds is 5. The number of hydrogen-bond donors (Lipinski definition) is 1. The number of nitrogens with one attached hydrogen (secondary N) is 1. The number of nitrogens with zero attached hydrogens (tertiary/aromatic N) is 2. The Kier molecular flexibility index (Phi) is 5.24. The van der Waals surface area contributed by atoms with Gasteiger partial charge in [0.15, 0.2) is 0 Å². The van der Waals surface area contributed by atoms with Crippen LogP contribution in [0.25, 0.3) is 0 Å². The lowest BCUT2D eigenvalue weighted by Crippen LogP contribution is -2.30. The van der Waals surface area contributed by atoms with E-state index in [0.717, 1.165) is 12.0 Å². The highest BCUT2D eigenvalue weighted by Gasteiger charge is 2.19.